The van der Waals surface area contributed by atoms with Crippen LogP contribution in [0.5, 0.6) is 5.75 Å². The molecule has 2 amide bonds. The first-order valence-corrected chi connectivity index (χ1v) is 12.0. The number of anilines is 1. The molecule has 0 bridgehead atoms. The van der Waals surface area contributed by atoms with Crippen LogP contribution in [0.1, 0.15) is 15.9 Å². The van der Waals surface area contributed by atoms with Crippen molar-refractivity contribution in [1.82, 2.24) is 14.5 Å². The van der Waals surface area contributed by atoms with Crippen LogP contribution in [0.15, 0.2) is 91.6 Å². The Morgan fingerprint density at radius 2 is 1.86 bits per heavy atom. The molecular formula is C29H27ClN4O3. The third-order valence-electron chi connectivity index (χ3n) is 5.66. The van der Waals surface area contributed by atoms with E-state index in [1.165, 1.54) is 12.0 Å². The number of ether oxygens (including phenoxy) is 1. The Hall–Kier alpha value is -4.36. The molecule has 3 aromatic carbocycles. The molecule has 7 nitrogen and oxygen atoms in total. The molecule has 0 unspecified atom stereocenters. The van der Waals surface area contributed by atoms with Crippen molar-refractivity contribution in [2.45, 2.75) is 6.92 Å². The van der Waals surface area contributed by atoms with E-state index in [0.29, 0.717) is 28.0 Å². The van der Waals surface area contributed by atoms with Crippen molar-refractivity contribution in [3.05, 3.63) is 108 Å². The summed E-state index contributed by atoms with van der Waals surface area (Å²) in [6.07, 6.45) is 3.44. The van der Waals surface area contributed by atoms with E-state index in [1.807, 2.05) is 54.1 Å². The van der Waals surface area contributed by atoms with Gasteiger partial charge in [-0.15, -0.1) is 6.58 Å². The molecular weight excluding hydrogens is 488 g/mol. The van der Waals surface area contributed by atoms with Gasteiger partial charge in [-0.2, -0.15) is 0 Å². The number of benzene rings is 3. The Bertz CT molecular complexity index is 1430. The molecule has 0 spiro atoms. The molecule has 0 saturated carbocycles. The largest absolute Gasteiger partial charge is 0.497 e. The fourth-order valence-electron chi connectivity index (χ4n) is 3.85. The van der Waals surface area contributed by atoms with Gasteiger partial charge < -0.3 is 9.64 Å². The first-order valence-electron chi connectivity index (χ1n) is 11.6. The highest BCUT2D eigenvalue weighted by atomic mass is 35.5. The maximum absolute atomic E-state index is 13.2. The number of imidazole rings is 1. The topological polar surface area (TPSA) is 76.5 Å². The van der Waals surface area contributed by atoms with Crippen LogP contribution in [0.4, 0.5) is 5.95 Å². The van der Waals surface area contributed by atoms with Crippen LogP contribution in [-0.4, -0.2) is 46.5 Å². The lowest BCUT2D eigenvalue weighted by Gasteiger charge is -2.21. The van der Waals surface area contributed by atoms with Crippen molar-refractivity contribution < 1.29 is 14.3 Å². The molecule has 1 N–H and O–H groups in total. The van der Waals surface area contributed by atoms with E-state index in [4.69, 9.17) is 16.3 Å². The van der Waals surface area contributed by atoms with Crippen molar-refractivity contribution >= 4 is 29.4 Å². The van der Waals surface area contributed by atoms with Crippen molar-refractivity contribution in [3.63, 3.8) is 0 Å². The molecule has 1 aromatic heterocycles. The van der Waals surface area contributed by atoms with Gasteiger partial charge in [0.15, 0.2) is 0 Å². The van der Waals surface area contributed by atoms with Crippen LogP contribution < -0.4 is 10.1 Å². The first-order chi connectivity index (χ1) is 17.9. The van der Waals surface area contributed by atoms with Crippen LogP contribution in [0.3, 0.4) is 0 Å². The summed E-state index contributed by atoms with van der Waals surface area (Å²) in [6.45, 7) is 5.75. The van der Waals surface area contributed by atoms with E-state index in [0.717, 1.165) is 16.8 Å². The molecule has 37 heavy (non-hydrogen) atoms. The SMILES string of the molecule is C=CCN(CC(=O)Nc1nc(-c2ccc(Cl)cc2)cn1-c1cccc(C)c1)C(=O)c1cccc(OC)c1. The van der Waals surface area contributed by atoms with E-state index in [2.05, 4.69) is 16.9 Å². The summed E-state index contributed by atoms with van der Waals surface area (Å²) < 4.78 is 7.04. The Labute approximate surface area is 221 Å². The Kier molecular flexibility index (Phi) is 8.05. The highest BCUT2D eigenvalue weighted by Gasteiger charge is 2.20. The van der Waals surface area contributed by atoms with Gasteiger partial charge in [-0.1, -0.05) is 48.0 Å². The van der Waals surface area contributed by atoms with Gasteiger partial charge in [0.25, 0.3) is 5.91 Å². The van der Waals surface area contributed by atoms with Gasteiger partial charge in [-0.05, 0) is 55.0 Å². The van der Waals surface area contributed by atoms with Crippen LogP contribution in [0.2, 0.25) is 5.02 Å². The summed E-state index contributed by atoms with van der Waals surface area (Å²) in [5.41, 5.74) is 3.85. The van der Waals surface area contributed by atoms with Gasteiger partial charge in [0, 0.05) is 34.6 Å². The van der Waals surface area contributed by atoms with E-state index < -0.39 is 0 Å². The number of methoxy groups -OCH3 is 1. The summed E-state index contributed by atoms with van der Waals surface area (Å²) in [5, 5.41) is 3.51. The minimum Gasteiger partial charge on any atom is -0.497 e. The summed E-state index contributed by atoms with van der Waals surface area (Å²) >= 11 is 6.05. The zero-order chi connectivity index (χ0) is 26.4. The van der Waals surface area contributed by atoms with Crippen molar-refractivity contribution in [1.29, 1.82) is 0 Å². The molecule has 8 heteroatoms. The maximum Gasteiger partial charge on any atom is 0.254 e. The first kappa shape index (κ1) is 25.7. The normalized spacial score (nSPS) is 10.6. The third-order valence-corrected chi connectivity index (χ3v) is 5.92. The molecule has 0 atom stereocenters. The van der Waals surface area contributed by atoms with E-state index in [-0.39, 0.29) is 24.9 Å². The number of aromatic nitrogens is 2. The number of rotatable bonds is 9. The van der Waals surface area contributed by atoms with Gasteiger partial charge in [0.2, 0.25) is 11.9 Å². The molecule has 188 valence electrons. The highest BCUT2D eigenvalue weighted by molar-refractivity contribution is 6.30. The summed E-state index contributed by atoms with van der Waals surface area (Å²) in [5.74, 6) is 0.204. The molecule has 0 radical (unpaired) electrons. The third kappa shape index (κ3) is 6.26. The van der Waals surface area contributed by atoms with Crippen LogP contribution >= 0.6 is 11.6 Å². The predicted molar refractivity (Wildman–Crippen MR) is 146 cm³/mol. The molecule has 1 heterocycles. The van der Waals surface area contributed by atoms with Gasteiger partial charge in [0.1, 0.15) is 12.3 Å². The van der Waals surface area contributed by atoms with Crippen LogP contribution in [0, 0.1) is 6.92 Å². The van der Waals surface area contributed by atoms with E-state index in [9.17, 15) is 9.59 Å². The fraction of sp³-hybridized carbons (Fsp3) is 0.138. The van der Waals surface area contributed by atoms with Gasteiger partial charge >= 0.3 is 0 Å². The number of carbonyl (C=O) groups excluding carboxylic acids is 2. The molecule has 0 saturated heterocycles. The molecule has 0 aliphatic rings. The number of hydrogen-bond donors (Lipinski definition) is 1. The second-order valence-electron chi connectivity index (χ2n) is 8.42. The zero-order valence-electron chi connectivity index (χ0n) is 20.6. The van der Waals surface area contributed by atoms with Crippen molar-refractivity contribution in [3.8, 4) is 22.7 Å². The fourth-order valence-corrected chi connectivity index (χ4v) is 3.98. The van der Waals surface area contributed by atoms with Gasteiger partial charge in [-0.25, -0.2) is 4.98 Å². The van der Waals surface area contributed by atoms with Gasteiger partial charge in [0.05, 0.1) is 12.8 Å². The quantitative estimate of drug-likeness (QED) is 0.287. The molecule has 0 fully saturated rings. The maximum atomic E-state index is 13.2. The minimum atomic E-state index is -0.389. The summed E-state index contributed by atoms with van der Waals surface area (Å²) in [6, 6.07) is 22.0. The van der Waals surface area contributed by atoms with Crippen molar-refractivity contribution in [2.24, 2.45) is 0 Å². The number of nitrogens with zero attached hydrogens (tertiary/aromatic N) is 3. The zero-order valence-corrected chi connectivity index (χ0v) is 21.4. The lowest BCUT2D eigenvalue weighted by molar-refractivity contribution is -0.116. The summed E-state index contributed by atoms with van der Waals surface area (Å²) in [7, 11) is 1.53. The molecule has 0 aliphatic carbocycles. The molecule has 4 aromatic rings. The second-order valence-corrected chi connectivity index (χ2v) is 8.86. The van der Waals surface area contributed by atoms with Crippen molar-refractivity contribution in [2.75, 3.05) is 25.5 Å². The number of amides is 2. The monoisotopic (exact) mass is 514 g/mol. The smallest absolute Gasteiger partial charge is 0.254 e. The minimum absolute atomic E-state index is 0.182. The van der Waals surface area contributed by atoms with E-state index >= 15 is 0 Å². The number of halogens is 1. The Morgan fingerprint density at radius 1 is 1.11 bits per heavy atom. The second kappa shape index (κ2) is 11.6. The van der Waals surface area contributed by atoms with E-state index in [1.54, 1.807) is 42.5 Å². The number of hydrogen-bond acceptors (Lipinski definition) is 4. The Balaban J connectivity index is 1.61. The van der Waals surface area contributed by atoms with Crippen LogP contribution in [-0.2, 0) is 4.79 Å². The summed E-state index contributed by atoms with van der Waals surface area (Å²) in [4.78, 5) is 32.4. The predicted octanol–water partition coefficient (Wildman–Crippen LogP) is 5.78. The lowest BCUT2D eigenvalue weighted by Crippen LogP contribution is -2.38. The van der Waals surface area contributed by atoms with Gasteiger partial charge in [-0.3, -0.25) is 19.5 Å². The average Bonchev–Trinajstić information content (AvgIpc) is 3.32. The average molecular weight is 515 g/mol. The lowest BCUT2D eigenvalue weighted by atomic mass is 10.2. The number of nitrogens with one attached hydrogen (secondary N) is 1. The molecule has 0 aliphatic heterocycles. The highest BCUT2D eigenvalue weighted by Crippen LogP contribution is 2.26. The standard InChI is InChI=1S/C29H27ClN4O3/c1-4-15-33(28(36)22-8-6-10-25(17-22)37-3)19-27(35)32-29-31-26(21-11-13-23(30)14-12-21)18-34(29)24-9-5-7-20(2)16-24/h4-14,16-18H,1,15,19H2,2-3H3,(H,31,32,35). The number of carbonyl (C=O) groups is 2. The molecule has 4 rings (SSSR count). The number of aryl methyl sites for hydroxylation is 1. The Morgan fingerprint density at radius 3 is 2.57 bits per heavy atom. The van der Waals surface area contributed by atoms with Crippen LogP contribution in [0.25, 0.3) is 16.9 Å².